The highest BCUT2D eigenvalue weighted by atomic mass is 15.6. The van der Waals surface area contributed by atoms with Crippen molar-refractivity contribution in [1.82, 2.24) is 40.1 Å². The molecule has 1 saturated heterocycles. The highest BCUT2D eigenvalue weighted by Gasteiger charge is 2.25. The van der Waals surface area contributed by atoms with Crippen molar-refractivity contribution < 1.29 is 0 Å². The van der Waals surface area contributed by atoms with Crippen LogP contribution in [0.4, 0.5) is 5.95 Å². The van der Waals surface area contributed by atoms with Crippen LogP contribution >= 0.6 is 0 Å². The van der Waals surface area contributed by atoms with Crippen LogP contribution in [0.3, 0.4) is 0 Å². The lowest BCUT2D eigenvalue weighted by atomic mass is 9.96. The van der Waals surface area contributed by atoms with Gasteiger partial charge in [0, 0.05) is 55.8 Å². The molecule has 3 aromatic heterocycles. The first kappa shape index (κ1) is 17.5. The van der Waals surface area contributed by atoms with Crippen molar-refractivity contribution in [3.63, 3.8) is 0 Å². The van der Waals surface area contributed by atoms with Crippen LogP contribution in [0.15, 0.2) is 48.9 Å². The zero-order valence-electron chi connectivity index (χ0n) is 16.1. The number of benzene rings is 1. The van der Waals surface area contributed by atoms with Gasteiger partial charge in [0.2, 0.25) is 5.95 Å². The molecule has 0 saturated carbocycles. The van der Waals surface area contributed by atoms with Gasteiger partial charge in [-0.2, -0.15) is 0 Å². The van der Waals surface area contributed by atoms with Gasteiger partial charge >= 0.3 is 0 Å². The number of aromatic nitrogens is 8. The second-order valence-corrected chi connectivity index (χ2v) is 7.20. The molecule has 0 radical (unpaired) electrons. The summed E-state index contributed by atoms with van der Waals surface area (Å²) in [6.07, 6.45) is 7.61. The maximum Gasteiger partial charge on any atom is 0.245 e. The number of H-pyrrole nitrogens is 1. The van der Waals surface area contributed by atoms with Crippen LogP contribution in [0.2, 0.25) is 0 Å². The fourth-order valence-electron chi connectivity index (χ4n) is 3.74. The summed E-state index contributed by atoms with van der Waals surface area (Å²) >= 11 is 0. The van der Waals surface area contributed by atoms with Crippen LogP contribution < -0.4 is 4.90 Å². The van der Waals surface area contributed by atoms with Gasteiger partial charge in [-0.15, -0.1) is 0 Å². The van der Waals surface area contributed by atoms with E-state index in [9.17, 15) is 0 Å². The van der Waals surface area contributed by atoms with Gasteiger partial charge in [-0.05, 0) is 23.3 Å². The van der Waals surface area contributed by atoms with Crippen LogP contribution in [0.25, 0.3) is 22.6 Å². The van der Waals surface area contributed by atoms with Gasteiger partial charge in [0.05, 0.1) is 5.69 Å². The Labute approximate surface area is 167 Å². The van der Waals surface area contributed by atoms with Gasteiger partial charge in [-0.1, -0.05) is 35.4 Å². The number of anilines is 1. The minimum absolute atomic E-state index is 0.394. The molecule has 0 spiro atoms. The number of nitrogens with one attached hydrogen (secondary N) is 1. The zero-order chi connectivity index (χ0) is 19.6. The number of nitrogens with zero attached hydrogens (tertiary/aromatic N) is 8. The topological polar surface area (TPSA) is 101 Å². The first-order valence-corrected chi connectivity index (χ1v) is 9.68. The van der Waals surface area contributed by atoms with E-state index in [-0.39, 0.29) is 0 Å². The Morgan fingerprint density at radius 2 is 1.76 bits per heavy atom. The van der Waals surface area contributed by atoms with E-state index in [4.69, 9.17) is 4.98 Å². The summed E-state index contributed by atoms with van der Waals surface area (Å²) in [5.41, 5.74) is 2.79. The summed E-state index contributed by atoms with van der Waals surface area (Å²) < 4.78 is 1.71. The third-order valence-corrected chi connectivity index (χ3v) is 5.34. The first-order chi connectivity index (χ1) is 14.3. The zero-order valence-corrected chi connectivity index (χ0v) is 16.1. The second-order valence-electron chi connectivity index (χ2n) is 7.20. The molecule has 0 amide bonds. The van der Waals surface area contributed by atoms with Crippen molar-refractivity contribution in [3.05, 3.63) is 54.7 Å². The molecule has 1 aromatic carbocycles. The van der Waals surface area contributed by atoms with Gasteiger partial charge in [0.15, 0.2) is 5.82 Å². The summed E-state index contributed by atoms with van der Waals surface area (Å²) in [6.45, 7) is 1.81. The summed E-state index contributed by atoms with van der Waals surface area (Å²) in [4.78, 5) is 19.4. The number of hydrogen-bond acceptors (Lipinski definition) is 7. The van der Waals surface area contributed by atoms with Crippen LogP contribution in [0.5, 0.6) is 0 Å². The number of aryl methyl sites for hydroxylation is 1. The molecule has 5 rings (SSSR count). The molecule has 9 heteroatoms. The lowest BCUT2D eigenvalue weighted by Gasteiger charge is -2.30. The van der Waals surface area contributed by atoms with Crippen LogP contribution in [0, 0.1) is 0 Å². The SMILES string of the molecule is Cn1nnnc1N1CCC(c2nc(-c3cnc(-c4ccccc4)nc3)c[nH]2)CC1. The number of rotatable bonds is 4. The largest absolute Gasteiger partial charge is 0.348 e. The van der Waals surface area contributed by atoms with Crippen molar-refractivity contribution in [2.75, 3.05) is 18.0 Å². The molecular formula is C20H21N9. The molecule has 29 heavy (non-hydrogen) atoms. The standard InChI is InChI=1S/C20H21N9/c1-28-20(25-26-27-28)29-9-7-15(8-10-29)19-23-13-17(24-19)16-11-21-18(22-12-16)14-5-3-2-4-6-14/h2-6,11-13,15H,7-10H2,1H3,(H,23,24). The first-order valence-electron chi connectivity index (χ1n) is 9.68. The number of tetrazole rings is 1. The predicted molar refractivity (Wildman–Crippen MR) is 108 cm³/mol. The Morgan fingerprint density at radius 3 is 2.45 bits per heavy atom. The second kappa shape index (κ2) is 7.42. The monoisotopic (exact) mass is 387 g/mol. The minimum atomic E-state index is 0.394. The molecule has 1 fully saturated rings. The van der Waals surface area contributed by atoms with Gasteiger partial charge in [-0.25, -0.2) is 19.6 Å². The Bertz CT molecular complexity index is 1080. The average Bonchev–Trinajstić information content (AvgIpc) is 3.44. The average molecular weight is 387 g/mol. The van der Waals surface area contributed by atoms with Crippen molar-refractivity contribution in [2.24, 2.45) is 7.05 Å². The molecule has 146 valence electrons. The number of aromatic amines is 1. The summed E-state index contributed by atoms with van der Waals surface area (Å²) in [5, 5.41) is 11.7. The van der Waals surface area contributed by atoms with Gasteiger partial charge in [0.1, 0.15) is 5.82 Å². The Hall–Kier alpha value is -3.62. The van der Waals surface area contributed by atoms with Crippen molar-refractivity contribution in [1.29, 1.82) is 0 Å². The Kier molecular flexibility index (Phi) is 4.47. The van der Waals surface area contributed by atoms with E-state index < -0.39 is 0 Å². The van der Waals surface area contributed by atoms with Crippen molar-refractivity contribution in [3.8, 4) is 22.6 Å². The molecule has 1 aliphatic rings. The number of imidazole rings is 1. The van der Waals surface area contributed by atoms with E-state index in [1.54, 1.807) is 4.68 Å². The molecule has 4 heterocycles. The van der Waals surface area contributed by atoms with Gasteiger partial charge in [-0.3, -0.25) is 0 Å². The van der Waals surface area contributed by atoms with Gasteiger partial charge in [0.25, 0.3) is 0 Å². The van der Waals surface area contributed by atoms with Crippen molar-refractivity contribution >= 4 is 5.95 Å². The maximum absolute atomic E-state index is 4.81. The molecule has 0 atom stereocenters. The van der Waals surface area contributed by atoms with Crippen LogP contribution in [0.1, 0.15) is 24.6 Å². The van der Waals surface area contributed by atoms with Gasteiger partial charge < -0.3 is 9.88 Å². The predicted octanol–water partition coefficient (Wildman–Crippen LogP) is 2.44. The minimum Gasteiger partial charge on any atom is -0.348 e. The molecule has 1 N–H and O–H groups in total. The molecule has 0 unspecified atom stereocenters. The molecule has 0 bridgehead atoms. The number of piperidine rings is 1. The quantitative estimate of drug-likeness (QED) is 0.574. The third kappa shape index (κ3) is 3.46. The molecule has 1 aliphatic heterocycles. The summed E-state index contributed by atoms with van der Waals surface area (Å²) in [5.74, 6) is 2.95. The maximum atomic E-state index is 4.81. The van der Waals surface area contributed by atoms with Crippen molar-refractivity contribution in [2.45, 2.75) is 18.8 Å². The lowest BCUT2D eigenvalue weighted by molar-refractivity contribution is 0.479. The summed E-state index contributed by atoms with van der Waals surface area (Å²) in [6, 6.07) is 9.96. The van der Waals surface area contributed by atoms with Crippen LogP contribution in [-0.4, -0.2) is 53.2 Å². The Morgan fingerprint density at radius 1 is 1.00 bits per heavy atom. The fourth-order valence-corrected chi connectivity index (χ4v) is 3.74. The summed E-state index contributed by atoms with van der Waals surface area (Å²) in [7, 11) is 1.87. The third-order valence-electron chi connectivity index (χ3n) is 5.34. The lowest BCUT2D eigenvalue weighted by Crippen LogP contribution is -2.35. The normalized spacial score (nSPS) is 15.0. The molecular weight excluding hydrogens is 366 g/mol. The van der Waals surface area contributed by atoms with E-state index >= 15 is 0 Å². The van der Waals surface area contributed by atoms with E-state index in [1.165, 1.54) is 0 Å². The highest BCUT2D eigenvalue weighted by molar-refractivity contribution is 5.60. The molecule has 4 aromatic rings. The van der Waals surface area contributed by atoms with E-state index in [2.05, 4.69) is 35.4 Å². The smallest absolute Gasteiger partial charge is 0.245 e. The van der Waals surface area contributed by atoms with E-state index in [1.807, 2.05) is 56.0 Å². The molecule has 9 nitrogen and oxygen atoms in total. The fraction of sp³-hybridized carbons (Fsp3) is 0.300. The highest BCUT2D eigenvalue weighted by Crippen LogP contribution is 2.29. The Balaban J connectivity index is 1.27. The number of hydrogen-bond donors (Lipinski definition) is 1. The molecule has 0 aliphatic carbocycles. The van der Waals surface area contributed by atoms with Crippen LogP contribution in [-0.2, 0) is 7.05 Å². The van der Waals surface area contributed by atoms with E-state index in [0.29, 0.717) is 5.92 Å². The van der Waals surface area contributed by atoms with E-state index in [0.717, 1.165) is 60.3 Å².